The Bertz CT molecular complexity index is 513. The molecule has 108 valence electrons. The van der Waals surface area contributed by atoms with Crippen molar-refractivity contribution in [1.29, 1.82) is 0 Å². The lowest BCUT2D eigenvalue weighted by Crippen LogP contribution is -2.41. The molecule has 0 aliphatic carbocycles. The number of benzene rings is 1. The zero-order valence-electron chi connectivity index (χ0n) is 11.8. The number of carbonyl (C=O) groups excluding carboxylic acids is 2. The van der Waals surface area contributed by atoms with Crippen molar-refractivity contribution in [2.24, 2.45) is 0 Å². The van der Waals surface area contributed by atoms with Gasteiger partial charge in [0.15, 0.2) is 5.78 Å². The number of hydrogen-bond acceptors (Lipinski definition) is 4. The van der Waals surface area contributed by atoms with E-state index in [2.05, 4.69) is 5.32 Å². The monoisotopic (exact) mass is 277 g/mol. The van der Waals surface area contributed by atoms with Crippen LogP contribution in [0.15, 0.2) is 18.2 Å². The summed E-state index contributed by atoms with van der Waals surface area (Å²) >= 11 is 0. The second-order valence-corrected chi connectivity index (χ2v) is 4.86. The number of aryl methyl sites for hydroxylation is 1. The third-order valence-corrected chi connectivity index (χ3v) is 3.25. The molecule has 5 nitrogen and oxygen atoms in total. The number of ether oxygens (including phenoxy) is 2. The molecule has 2 rings (SSSR count). The van der Waals surface area contributed by atoms with Crippen molar-refractivity contribution in [3.8, 4) is 5.75 Å². The molecule has 5 heteroatoms. The molecule has 1 aliphatic heterocycles. The van der Waals surface area contributed by atoms with Crippen LogP contribution in [0.1, 0.15) is 28.8 Å². The lowest BCUT2D eigenvalue weighted by Gasteiger charge is -2.14. The van der Waals surface area contributed by atoms with E-state index >= 15 is 0 Å². The molecule has 0 saturated heterocycles. The van der Waals surface area contributed by atoms with Gasteiger partial charge in [-0.2, -0.15) is 0 Å². The summed E-state index contributed by atoms with van der Waals surface area (Å²) in [6.07, 6.45) is 0.729. The lowest BCUT2D eigenvalue weighted by atomic mass is 10.0. The van der Waals surface area contributed by atoms with Gasteiger partial charge in [-0.25, -0.2) is 0 Å². The molecule has 0 saturated carbocycles. The van der Waals surface area contributed by atoms with E-state index in [-0.39, 0.29) is 18.1 Å². The van der Waals surface area contributed by atoms with Crippen LogP contribution in [0.3, 0.4) is 0 Å². The fraction of sp³-hybridized carbons (Fsp3) is 0.467. The number of methoxy groups -OCH3 is 1. The Morgan fingerprint density at radius 1 is 1.50 bits per heavy atom. The fourth-order valence-electron chi connectivity index (χ4n) is 2.17. The van der Waals surface area contributed by atoms with Gasteiger partial charge in [0.05, 0.1) is 24.8 Å². The molecule has 0 radical (unpaired) electrons. The summed E-state index contributed by atoms with van der Waals surface area (Å²) in [6, 6.07) is 4.99. The number of ketones is 1. The maximum atomic E-state index is 12.5. The summed E-state index contributed by atoms with van der Waals surface area (Å²) in [5.74, 6) is 0.322. The minimum absolute atomic E-state index is 0.0908. The quantitative estimate of drug-likeness (QED) is 0.905. The zero-order chi connectivity index (χ0) is 14.5. The first kappa shape index (κ1) is 14.5. The van der Waals surface area contributed by atoms with Gasteiger partial charge in [0, 0.05) is 20.0 Å². The van der Waals surface area contributed by atoms with Crippen molar-refractivity contribution in [2.75, 3.05) is 20.3 Å². The number of nitrogens with one attached hydrogen (secondary N) is 1. The van der Waals surface area contributed by atoms with Crippen LogP contribution in [0.2, 0.25) is 0 Å². The molecule has 1 aromatic rings. The average molecular weight is 277 g/mol. The second-order valence-electron chi connectivity index (χ2n) is 4.86. The normalized spacial score (nSPS) is 17.9. The summed E-state index contributed by atoms with van der Waals surface area (Å²) in [6.45, 7) is 2.68. The third-order valence-electron chi connectivity index (χ3n) is 3.25. The van der Waals surface area contributed by atoms with Crippen LogP contribution < -0.4 is 10.1 Å². The first-order chi connectivity index (χ1) is 9.61. The number of Topliss-reactive ketones (excluding diaryl/α,β-unsaturated/α-hetero) is 1. The first-order valence-corrected chi connectivity index (χ1v) is 6.68. The van der Waals surface area contributed by atoms with Crippen LogP contribution in [0.5, 0.6) is 5.75 Å². The predicted molar refractivity (Wildman–Crippen MR) is 74.0 cm³/mol. The fourth-order valence-corrected chi connectivity index (χ4v) is 2.17. The highest BCUT2D eigenvalue weighted by Crippen LogP contribution is 2.25. The van der Waals surface area contributed by atoms with Crippen molar-refractivity contribution >= 4 is 11.7 Å². The van der Waals surface area contributed by atoms with Crippen LogP contribution in [0, 0.1) is 6.92 Å². The molecule has 1 aromatic carbocycles. The number of hydrogen-bond donors (Lipinski definition) is 1. The highest BCUT2D eigenvalue weighted by atomic mass is 16.5. The predicted octanol–water partition coefficient (Wildman–Crippen LogP) is 1.48. The van der Waals surface area contributed by atoms with E-state index in [0.717, 1.165) is 5.56 Å². The van der Waals surface area contributed by atoms with Crippen molar-refractivity contribution in [2.45, 2.75) is 25.8 Å². The van der Waals surface area contributed by atoms with E-state index < -0.39 is 6.04 Å². The molecular formula is C15H19NO4. The van der Waals surface area contributed by atoms with Gasteiger partial charge < -0.3 is 14.8 Å². The van der Waals surface area contributed by atoms with Crippen LogP contribution in [0.25, 0.3) is 0 Å². The van der Waals surface area contributed by atoms with Crippen LogP contribution in [0.4, 0.5) is 0 Å². The molecule has 0 spiro atoms. The van der Waals surface area contributed by atoms with Gasteiger partial charge in [-0.05, 0) is 19.1 Å². The van der Waals surface area contributed by atoms with E-state index in [1.54, 1.807) is 12.1 Å². The smallest absolute Gasteiger partial charge is 0.222 e. The van der Waals surface area contributed by atoms with Gasteiger partial charge in [-0.1, -0.05) is 11.6 Å². The molecule has 1 unspecified atom stereocenters. The number of amides is 1. The summed E-state index contributed by atoms with van der Waals surface area (Å²) < 4.78 is 10.4. The second kappa shape index (κ2) is 6.52. The van der Waals surface area contributed by atoms with Gasteiger partial charge in [0.2, 0.25) is 5.91 Å². The van der Waals surface area contributed by atoms with E-state index in [9.17, 15) is 9.59 Å². The Kier molecular flexibility index (Phi) is 4.74. The summed E-state index contributed by atoms with van der Waals surface area (Å²) in [5, 5.41) is 2.76. The average Bonchev–Trinajstić information content (AvgIpc) is 2.58. The Morgan fingerprint density at radius 3 is 3.05 bits per heavy atom. The Labute approximate surface area is 118 Å². The minimum Gasteiger partial charge on any atom is -0.493 e. The standard InChI is InChI=1S/C15H19NO4/c1-10-3-4-13-11(9-10)15(18)12(5-8-20-13)16-14(17)6-7-19-2/h3-4,9,12H,5-8H2,1-2H3,(H,16,17). The number of carbonyl (C=O) groups is 2. The SMILES string of the molecule is COCCC(=O)NC1CCOc2ccc(C)cc2C1=O. The minimum atomic E-state index is -0.526. The number of rotatable bonds is 4. The van der Waals surface area contributed by atoms with Crippen LogP contribution in [-0.2, 0) is 9.53 Å². The molecule has 1 N–H and O–H groups in total. The molecule has 0 bridgehead atoms. The molecule has 1 amide bonds. The van der Waals surface area contributed by atoms with Crippen LogP contribution >= 0.6 is 0 Å². The maximum Gasteiger partial charge on any atom is 0.222 e. The van der Waals surface area contributed by atoms with Gasteiger partial charge in [0.1, 0.15) is 5.75 Å². The van der Waals surface area contributed by atoms with E-state index in [0.29, 0.717) is 30.9 Å². The zero-order valence-corrected chi connectivity index (χ0v) is 11.8. The Hall–Kier alpha value is -1.88. The molecule has 0 fully saturated rings. The molecular weight excluding hydrogens is 258 g/mol. The largest absolute Gasteiger partial charge is 0.493 e. The van der Waals surface area contributed by atoms with E-state index in [4.69, 9.17) is 9.47 Å². The molecule has 1 aliphatic rings. The van der Waals surface area contributed by atoms with Crippen molar-refractivity contribution < 1.29 is 19.1 Å². The third kappa shape index (κ3) is 3.36. The summed E-state index contributed by atoms with van der Waals surface area (Å²) in [4.78, 5) is 24.2. The van der Waals surface area contributed by atoms with Crippen molar-refractivity contribution in [1.82, 2.24) is 5.32 Å². The molecule has 20 heavy (non-hydrogen) atoms. The summed E-state index contributed by atoms with van der Waals surface area (Å²) in [5.41, 5.74) is 1.53. The topological polar surface area (TPSA) is 64.6 Å². The number of fused-ring (bicyclic) bond motifs is 1. The highest BCUT2D eigenvalue weighted by Gasteiger charge is 2.27. The van der Waals surface area contributed by atoms with Gasteiger partial charge in [-0.3, -0.25) is 9.59 Å². The van der Waals surface area contributed by atoms with Gasteiger partial charge >= 0.3 is 0 Å². The Morgan fingerprint density at radius 2 is 2.30 bits per heavy atom. The molecule has 0 aromatic heterocycles. The van der Waals surface area contributed by atoms with Crippen LogP contribution in [-0.4, -0.2) is 38.1 Å². The van der Waals surface area contributed by atoms with Gasteiger partial charge in [-0.15, -0.1) is 0 Å². The van der Waals surface area contributed by atoms with Crippen molar-refractivity contribution in [3.05, 3.63) is 29.3 Å². The highest BCUT2D eigenvalue weighted by molar-refractivity contribution is 6.04. The van der Waals surface area contributed by atoms with E-state index in [1.807, 2.05) is 13.0 Å². The molecule has 1 heterocycles. The maximum absolute atomic E-state index is 12.5. The van der Waals surface area contributed by atoms with E-state index in [1.165, 1.54) is 7.11 Å². The molecule has 1 atom stereocenters. The lowest BCUT2D eigenvalue weighted by molar-refractivity contribution is -0.122. The first-order valence-electron chi connectivity index (χ1n) is 6.68. The summed E-state index contributed by atoms with van der Waals surface area (Å²) in [7, 11) is 1.54. The Balaban J connectivity index is 2.12. The van der Waals surface area contributed by atoms with Gasteiger partial charge in [0.25, 0.3) is 0 Å². The van der Waals surface area contributed by atoms with Crippen molar-refractivity contribution in [3.63, 3.8) is 0 Å².